The van der Waals surface area contributed by atoms with Crippen molar-refractivity contribution in [1.82, 2.24) is 20.0 Å². The quantitative estimate of drug-likeness (QED) is 0.778. The van der Waals surface area contributed by atoms with Gasteiger partial charge in [0.25, 0.3) is 0 Å². The molecule has 6 heteroatoms. The van der Waals surface area contributed by atoms with Gasteiger partial charge in [0, 0.05) is 31.9 Å². The molecular formula is C11H16N4O2. The zero-order chi connectivity index (χ0) is 12.3. The van der Waals surface area contributed by atoms with Crippen LogP contribution in [0, 0.1) is 0 Å². The molecule has 1 saturated heterocycles. The largest absolute Gasteiger partial charge is 0.345 e. The van der Waals surface area contributed by atoms with Crippen molar-refractivity contribution in [2.45, 2.75) is 25.9 Å². The molecule has 2 heterocycles. The number of hydrogen-bond acceptors (Lipinski definition) is 3. The highest BCUT2D eigenvalue weighted by Gasteiger charge is 2.25. The monoisotopic (exact) mass is 236 g/mol. The van der Waals surface area contributed by atoms with Crippen LogP contribution in [-0.2, 0) is 16.1 Å². The van der Waals surface area contributed by atoms with Crippen molar-refractivity contribution in [1.29, 1.82) is 0 Å². The maximum atomic E-state index is 11.9. The van der Waals surface area contributed by atoms with Gasteiger partial charge in [0.05, 0.1) is 6.54 Å². The molecule has 1 N–H and O–H groups in total. The first-order valence-electron chi connectivity index (χ1n) is 5.72. The van der Waals surface area contributed by atoms with Crippen LogP contribution < -0.4 is 5.32 Å². The van der Waals surface area contributed by atoms with Crippen LogP contribution in [0.15, 0.2) is 18.5 Å². The van der Waals surface area contributed by atoms with Gasteiger partial charge in [-0.15, -0.1) is 0 Å². The van der Waals surface area contributed by atoms with Gasteiger partial charge in [-0.25, -0.2) is 0 Å². The van der Waals surface area contributed by atoms with E-state index >= 15 is 0 Å². The van der Waals surface area contributed by atoms with Crippen LogP contribution in [0.3, 0.4) is 0 Å². The van der Waals surface area contributed by atoms with Crippen molar-refractivity contribution in [3.05, 3.63) is 18.5 Å². The van der Waals surface area contributed by atoms with Gasteiger partial charge < -0.3 is 10.2 Å². The van der Waals surface area contributed by atoms with Crippen LogP contribution in [-0.4, -0.2) is 45.6 Å². The first-order chi connectivity index (χ1) is 8.16. The van der Waals surface area contributed by atoms with Crippen molar-refractivity contribution in [2.75, 3.05) is 13.1 Å². The van der Waals surface area contributed by atoms with Crippen LogP contribution in [0.1, 0.15) is 13.3 Å². The number of carbonyl (C=O) groups is 2. The van der Waals surface area contributed by atoms with E-state index in [1.807, 2.05) is 12.3 Å². The van der Waals surface area contributed by atoms with Crippen LogP contribution in [0.2, 0.25) is 0 Å². The Labute approximate surface area is 99.6 Å². The van der Waals surface area contributed by atoms with E-state index in [2.05, 4.69) is 10.4 Å². The third-order valence-electron chi connectivity index (χ3n) is 2.83. The molecule has 0 aliphatic carbocycles. The standard InChI is InChI=1S/C11H16N4O2/c1-9-11(17)14(6-3-10(16)13-9)7-8-15-5-2-4-12-15/h2,4-5,9H,3,6-8H2,1H3,(H,13,16). The van der Waals surface area contributed by atoms with E-state index in [1.165, 1.54) is 0 Å². The van der Waals surface area contributed by atoms with Crippen molar-refractivity contribution < 1.29 is 9.59 Å². The summed E-state index contributed by atoms with van der Waals surface area (Å²) in [5.41, 5.74) is 0. The van der Waals surface area contributed by atoms with Gasteiger partial charge in [-0.1, -0.05) is 0 Å². The summed E-state index contributed by atoms with van der Waals surface area (Å²) in [4.78, 5) is 25.0. The lowest BCUT2D eigenvalue weighted by Gasteiger charge is -2.22. The van der Waals surface area contributed by atoms with E-state index in [0.29, 0.717) is 26.1 Å². The Morgan fingerprint density at radius 1 is 1.47 bits per heavy atom. The van der Waals surface area contributed by atoms with Crippen molar-refractivity contribution >= 4 is 11.8 Å². The Morgan fingerprint density at radius 2 is 2.29 bits per heavy atom. The lowest BCUT2D eigenvalue weighted by atomic mass is 10.3. The molecule has 0 radical (unpaired) electrons. The van der Waals surface area contributed by atoms with Gasteiger partial charge >= 0.3 is 0 Å². The van der Waals surface area contributed by atoms with Crippen LogP contribution in [0.25, 0.3) is 0 Å². The molecule has 0 aromatic carbocycles. The minimum absolute atomic E-state index is 0.0250. The fourth-order valence-corrected chi connectivity index (χ4v) is 1.87. The highest BCUT2D eigenvalue weighted by molar-refractivity contribution is 5.89. The van der Waals surface area contributed by atoms with E-state index in [-0.39, 0.29) is 11.8 Å². The molecule has 1 aliphatic rings. The van der Waals surface area contributed by atoms with Gasteiger partial charge in [0.2, 0.25) is 11.8 Å². The number of nitrogens with zero attached hydrogens (tertiary/aromatic N) is 3. The zero-order valence-electron chi connectivity index (χ0n) is 9.80. The van der Waals surface area contributed by atoms with Gasteiger partial charge in [0.1, 0.15) is 6.04 Å². The van der Waals surface area contributed by atoms with Crippen LogP contribution in [0.5, 0.6) is 0 Å². The Hall–Kier alpha value is -1.85. The van der Waals surface area contributed by atoms with E-state index < -0.39 is 6.04 Å². The Morgan fingerprint density at radius 3 is 3.00 bits per heavy atom. The van der Waals surface area contributed by atoms with E-state index in [0.717, 1.165) is 0 Å². The van der Waals surface area contributed by atoms with E-state index in [9.17, 15) is 9.59 Å². The maximum absolute atomic E-state index is 11.9. The van der Waals surface area contributed by atoms with Gasteiger partial charge in [-0.3, -0.25) is 14.3 Å². The molecule has 92 valence electrons. The lowest BCUT2D eigenvalue weighted by Crippen LogP contribution is -2.43. The van der Waals surface area contributed by atoms with Gasteiger partial charge in [0.15, 0.2) is 0 Å². The molecule has 1 fully saturated rings. The molecule has 1 aromatic rings. The molecule has 17 heavy (non-hydrogen) atoms. The molecule has 1 atom stereocenters. The number of rotatable bonds is 3. The molecule has 1 unspecified atom stereocenters. The number of hydrogen-bond donors (Lipinski definition) is 1. The number of amides is 2. The smallest absolute Gasteiger partial charge is 0.244 e. The Balaban J connectivity index is 1.94. The van der Waals surface area contributed by atoms with Crippen LogP contribution in [0.4, 0.5) is 0 Å². The first-order valence-corrected chi connectivity index (χ1v) is 5.72. The summed E-state index contributed by atoms with van der Waals surface area (Å²) in [5, 5.41) is 6.74. The lowest BCUT2D eigenvalue weighted by molar-refractivity contribution is -0.133. The van der Waals surface area contributed by atoms with E-state index in [4.69, 9.17) is 0 Å². The molecule has 0 saturated carbocycles. The summed E-state index contributed by atoms with van der Waals surface area (Å²) in [6, 6.07) is 1.42. The summed E-state index contributed by atoms with van der Waals surface area (Å²) < 4.78 is 1.78. The van der Waals surface area contributed by atoms with Crippen molar-refractivity contribution in [3.8, 4) is 0 Å². The average molecular weight is 236 g/mol. The van der Waals surface area contributed by atoms with Gasteiger partial charge in [-0.2, -0.15) is 5.10 Å². The maximum Gasteiger partial charge on any atom is 0.244 e. The summed E-state index contributed by atoms with van der Waals surface area (Å²) in [6.07, 6.45) is 3.93. The second-order valence-electron chi connectivity index (χ2n) is 4.13. The van der Waals surface area contributed by atoms with E-state index in [1.54, 1.807) is 22.7 Å². The van der Waals surface area contributed by atoms with Crippen LogP contribution >= 0.6 is 0 Å². The molecule has 2 rings (SSSR count). The third kappa shape index (κ3) is 2.83. The first kappa shape index (κ1) is 11.6. The number of carbonyl (C=O) groups excluding carboxylic acids is 2. The third-order valence-corrected chi connectivity index (χ3v) is 2.83. The Kier molecular flexibility index (Phi) is 3.41. The van der Waals surface area contributed by atoms with Crippen molar-refractivity contribution in [2.24, 2.45) is 0 Å². The second kappa shape index (κ2) is 4.99. The molecule has 0 bridgehead atoms. The highest BCUT2D eigenvalue weighted by atomic mass is 16.2. The molecule has 0 spiro atoms. The predicted molar refractivity (Wildman–Crippen MR) is 61.0 cm³/mol. The second-order valence-corrected chi connectivity index (χ2v) is 4.13. The molecule has 2 amide bonds. The fourth-order valence-electron chi connectivity index (χ4n) is 1.87. The predicted octanol–water partition coefficient (Wildman–Crippen LogP) is -0.380. The summed E-state index contributed by atoms with van der Waals surface area (Å²) in [7, 11) is 0. The zero-order valence-corrected chi connectivity index (χ0v) is 9.80. The van der Waals surface area contributed by atoms with Gasteiger partial charge in [-0.05, 0) is 13.0 Å². The molecule has 6 nitrogen and oxygen atoms in total. The molecular weight excluding hydrogens is 220 g/mol. The van der Waals surface area contributed by atoms with Crippen molar-refractivity contribution in [3.63, 3.8) is 0 Å². The fraction of sp³-hybridized carbons (Fsp3) is 0.545. The number of aromatic nitrogens is 2. The SMILES string of the molecule is CC1NC(=O)CCN(CCn2cccn2)C1=O. The number of nitrogens with one attached hydrogen (secondary N) is 1. The highest BCUT2D eigenvalue weighted by Crippen LogP contribution is 2.03. The Bertz CT molecular complexity index is 402. The summed E-state index contributed by atoms with van der Waals surface area (Å²) in [5.74, 6) is -0.0876. The summed E-state index contributed by atoms with van der Waals surface area (Å²) >= 11 is 0. The minimum atomic E-state index is -0.428. The summed E-state index contributed by atoms with van der Waals surface area (Å²) in [6.45, 7) is 3.43. The average Bonchev–Trinajstić information content (AvgIpc) is 2.77. The topological polar surface area (TPSA) is 67.2 Å². The minimum Gasteiger partial charge on any atom is -0.345 e. The molecule has 1 aromatic heterocycles. The normalized spacial score (nSPS) is 21.2. The molecule has 1 aliphatic heterocycles.